The maximum atomic E-state index is 11.8. The van der Waals surface area contributed by atoms with Crippen LogP contribution in [-0.2, 0) is 17.8 Å². The van der Waals surface area contributed by atoms with Crippen molar-refractivity contribution < 1.29 is 9.21 Å². The van der Waals surface area contributed by atoms with Crippen LogP contribution < -0.4 is 11.1 Å². The van der Waals surface area contributed by atoms with Crippen LogP contribution in [0, 0.1) is 0 Å². The van der Waals surface area contributed by atoms with Gasteiger partial charge in [0.1, 0.15) is 0 Å². The van der Waals surface area contributed by atoms with Crippen molar-refractivity contribution in [3.63, 3.8) is 0 Å². The zero-order valence-electron chi connectivity index (χ0n) is 10.0. The minimum Gasteiger partial charge on any atom is -0.472 e. The van der Waals surface area contributed by atoms with Crippen LogP contribution in [0.25, 0.3) is 0 Å². The van der Waals surface area contributed by atoms with Crippen molar-refractivity contribution in [1.82, 2.24) is 5.32 Å². The van der Waals surface area contributed by atoms with E-state index in [4.69, 9.17) is 10.2 Å². The van der Waals surface area contributed by atoms with E-state index in [-0.39, 0.29) is 5.91 Å². The average molecular weight is 244 g/mol. The smallest absolute Gasteiger partial charge is 0.237 e. The molecule has 94 valence electrons. The molecule has 2 rings (SSSR count). The summed E-state index contributed by atoms with van der Waals surface area (Å²) in [5, 5.41) is 2.78. The molecular formula is C14H16N2O2. The van der Waals surface area contributed by atoms with Crippen LogP contribution in [0.3, 0.4) is 0 Å². The van der Waals surface area contributed by atoms with Crippen molar-refractivity contribution in [2.75, 3.05) is 0 Å². The van der Waals surface area contributed by atoms with Crippen LogP contribution >= 0.6 is 0 Å². The van der Waals surface area contributed by atoms with E-state index >= 15 is 0 Å². The van der Waals surface area contributed by atoms with E-state index < -0.39 is 6.04 Å². The monoisotopic (exact) mass is 244 g/mol. The summed E-state index contributed by atoms with van der Waals surface area (Å²) in [5.41, 5.74) is 7.84. The number of nitrogens with two attached hydrogens (primary N) is 1. The number of furan rings is 1. The lowest BCUT2D eigenvalue weighted by Crippen LogP contribution is -2.41. The number of nitrogens with one attached hydrogen (secondary N) is 1. The quantitative estimate of drug-likeness (QED) is 0.836. The normalized spacial score (nSPS) is 12.1. The molecule has 1 aromatic carbocycles. The number of rotatable bonds is 5. The summed E-state index contributed by atoms with van der Waals surface area (Å²) in [7, 11) is 0. The van der Waals surface area contributed by atoms with Gasteiger partial charge >= 0.3 is 0 Å². The van der Waals surface area contributed by atoms with Crippen molar-refractivity contribution >= 4 is 5.91 Å². The number of carbonyl (C=O) groups excluding carboxylic acids is 1. The Morgan fingerprint density at radius 2 is 2.00 bits per heavy atom. The molecular weight excluding hydrogens is 228 g/mol. The van der Waals surface area contributed by atoms with Crippen molar-refractivity contribution in [3.05, 3.63) is 60.1 Å². The van der Waals surface area contributed by atoms with E-state index in [2.05, 4.69) is 5.32 Å². The summed E-state index contributed by atoms with van der Waals surface area (Å²) in [6, 6.07) is 11.0. The first-order valence-corrected chi connectivity index (χ1v) is 5.84. The van der Waals surface area contributed by atoms with Gasteiger partial charge in [0, 0.05) is 12.1 Å². The number of hydrogen-bond acceptors (Lipinski definition) is 3. The third-order valence-electron chi connectivity index (χ3n) is 2.68. The van der Waals surface area contributed by atoms with Crippen LogP contribution in [0.2, 0.25) is 0 Å². The molecule has 4 heteroatoms. The summed E-state index contributed by atoms with van der Waals surface area (Å²) < 4.78 is 4.92. The minimum absolute atomic E-state index is 0.153. The van der Waals surface area contributed by atoms with Crippen molar-refractivity contribution in [2.24, 2.45) is 5.73 Å². The molecule has 4 nitrogen and oxygen atoms in total. The lowest BCUT2D eigenvalue weighted by atomic mass is 10.1. The molecule has 0 spiro atoms. The summed E-state index contributed by atoms with van der Waals surface area (Å²) in [4.78, 5) is 11.8. The Morgan fingerprint density at radius 1 is 1.22 bits per heavy atom. The zero-order chi connectivity index (χ0) is 12.8. The maximum absolute atomic E-state index is 11.8. The van der Waals surface area contributed by atoms with Gasteiger partial charge in [0.25, 0.3) is 0 Å². The van der Waals surface area contributed by atoms with E-state index in [9.17, 15) is 4.79 Å². The van der Waals surface area contributed by atoms with Crippen LogP contribution in [0.4, 0.5) is 0 Å². The molecule has 1 unspecified atom stereocenters. The molecule has 0 saturated carbocycles. The fraction of sp³-hybridized carbons (Fsp3) is 0.214. The fourth-order valence-electron chi connectivity index (χ4n) is 1.67. The van der Waals surface area contributed by atoms with E-state index in [0.29, 0.717) is 13.0 Å². The van der Waals surface area contributed by atoms with Crippen molar-refractivity contribution in [1.29, 1.82) is 0 Å². The highest BCUT2D eigenvalue weighted by atomic mass is 16.3. The van der Waals surface area contributed by atoms with Crippen LogP contribution in [0.15, 0.2) is 53.3 Å². The Hall–Kier alpha value is -2.07. The molecule has 3 N–H and O–H groups in total. The molecule has 1 heterocycles. The molecule has 0 fully saturated rings. The predicted octanol–water partition coefficient (Wildman–Crippen LogP) is 1.47. The Balaban J connectivity index is 1.82. The summed E-state index contributed by atoms with van der Waals surface area (Å²) >= 11 is 0. The predicted molar refractivity (Wildman–Crippen MR) is 68.7 cm³/mol. The van der Waals surface area contributed by atoms with E-state index in [1.807, 2.05) is 36.4 Å². The summed E-state index contributed by atoms with van der Waals surface area (Å²) in [5.74, 6) is -0.153. The highest BCUT2D eigenvalue weighted by Gasteiger charge is 2.13. The molecule has 1 atom stereocenters. The molecule has 0 saturated heterocycles. The van der Waals surface area contributed by atoms with Gasteiger partial charge in [-0.3, -0.25) is 4.79 Å². The molecule has 1 aromatic heterocycles. The van der Waals surface area contributed by atoms with E-state index in [0.717, 1.165) is 11.1 Å². The highest BCUT2D eigenvalue weighted by molar-refractivity contribution is 5.81. The fourth-order valence-corrected chi connectivity index (χ4v) is 1.67. The Morgan fingerprint density at radius 3 is 2.67 bits per heavy atom. The molecule has 0 aliphatic rings. The number of carbonyl (C=O) groups is 1. The van der Waals surface area contributed by atoms with Crippen LogP contribution in [0.1, 0.15) is 11.1 Å². The van der Waals surface area contributed by atoms with Gasteiger partial charge in [-0.05, 0) is 18.1 Å². The SMILES string of the molecule is NC(Cc1ccccc1)C(=O)NCc1ccoc1. The molecule has 0 radical (unpaired) electrons. The number of hydrogen-bond donors (Lipinski definition) is 2. The molecule has 18 heavy (non-hydrogen) atoms. The van der Waals surface area contributed by atoms with Crippen LogP contribution in [0.5, 0.6) is 0 Å². The minimum atomic E-state index is -0.528. The average Bonchev–Trinajstić information content (AvgIpc) is 2.90. The molecule has 0 aliphatic carbocycles. The number of benzene rings is 1. The second-order valence-electron chi connectivity index (χ2n) is 4.15. The second kappa shape index (κ2) is 6.02. The molecule has 0 aliphatic heterocycles. The van der Waals surface area contributed by atoms with Gasteiger partial charge < -0.3 is 15.5 Å². The Kier molecular flexibility index (Phi) is 4.15. The largest absolute Gasteiger partial charge is 0.472 e. The molecule has 1 amide bonds. The first-order chi connectivity index (χ1) is 8.75. The van der Waals surface area contributed by atoms with Gasteiger partial charge in [0.2, 0.25) is 5.91 Å². The van der Waals surface area contributed by atoms with Gasteiger partial charge in [0.15, 0.2) is 0 Å². The summed E-state index contributed by atoms with van der Waals surface area (Å²) in [6.45, 7) is 0.442. The molecule has 2 aromatic rings. The van der Waals surface area contributed by atoms with E-state index in [1.54, 1.807) is 12.5 Å². The standard InChI is InChI=1S/C14H16N2O2/c15-13(8-11-4-2-1-3-5-11)14(17)16-9-12-6-7-18-10-12/h1-7,10,13H,8-9,15H2,(H,16,17). The summed E-state index contributed by atoms with van der Waals surface area (Å²) in [6.07, 6.45) is 3.71. The first-order valence-electron chi connectivity index (χ1n) is 5.84. The van der Waals surface area contributed by atoms with Gasteiger partial charge in [-0.15, -0.1) is 0 Å². The Bertz CT molecular complexity index is 480. The zero-order valence-corrected chi connectivity index (χ0v) is 10.0. The van der Waals surface area contributed by atoms with E-state index in [1.165, 1.54) is 0 Å². The lowest BCUT2D eigenvalue weighted by molar-refractivity contribution is -0.122. The van der Waals surface area contributed by atoms with Gasteiger partial charge in [-0.25, -0.2) is 0 Å². The van der Waals surface area contributed by atoms with Gasteiger partial charge in [-0.2, -0.15) is 0 Å². The topological polar surface area (TPSA) is 68.3 Å². The third-order valence-corrected chi connectivity index (χ3v) is 2.68. The third kappa shape index (κ3) is 3.46. The van der Waals surface area contributed by atoms with Crippen LogP contribution in [-0.4, -0.2) is 11.9 Å². The highest BCUT2D eigenvalue weighted by Crippen LogP contribution is 2.03. The van der Waals surface area contributed by atoms with Gasteiger partial charge in [0.05, 0.1) is 18.6 Å². The second-order valence-corrected chi connectivity index (χ2v) is 4.15. The Labute approximate surface area is 106 Å². The number of amides is 1. The molecule has 0 bridgehead atoms. The van der Waals surface area contributed by atoms with Crippen molar-refractivity contribution in [2.45, 2.75) is 19.0 Å². The maximum Gasteiger partial charge on any atom is 0.237 e. The lowest BCUT2D eigenvalue weighted by Gasteiger charge is -2.11. The first kappa shape index (κ1) is 12.4. The van der Waals surface area contributed by atoms with Gasteiger partial charge in [-0.1, -0.05) is 30.3 Å². The van der Waals surface area contributed by atoms with Crippen molar-refractivity contribution in [3.8, 4) is 0 Å².